The second-order valence-electron chi connectivity index (χ2n) is 7.08. The van der Waals surface area contributed by atoms with E-state index >= 15 is 0 Å². The minimum absolute atomic E-state index is 0.0883. The first-order chi connectivity index (χ1) is 15.8. The van der Waals surface area contributed by atoms with Gasteiger partial charge in [0.15, 0.2) is 0 Å². The number of sulfone groups is 1. The summed E-state index contributed by atoms with van der Waals surface area (Å²) in [4.78, 5) is 34.8. The van der Waals surface area contributed by atoms with Crippen molar-refractivity contribution in [3.63, 3.8) is 0 Å². The van der Waals surface area contributed by atoms with Gasteiger partial charge in [-0.15, -0.1) is 11.3 Å². The molecule has 1 N–H and O–H groups in total. The molecule has 2 unspecified atom stereocenters. The van der Waals surface area contributed by atoms with Crippen LogP contribution in [0.4, 0.5) is 0 Å². The molecule has 1 amide bonds. The molecule has 2 atom stereocenters. The van der Waals surface area contributed by atoms with Gasteiger partial charge in [-0.2, -0.15) is 5.26 Å². The van der Waals surface area contributed by atoms with Gasteiger partial charge in [-0.25, -0.2) is 13.2 Å². The van der Waals surface area contributed by atoms with E-state index in [0.717, 1.165) is 16.7 Å². The molecule has 33 heavy (non-hydrogen) atoms. The average Bonchev–Trinajstić information content (AvgIpc) is 3.31. The fraction of sp³-hybridized carbons (Fsp3) is 0.227. The van der Waals surface area contributed by atoms with Gasteiger partial charge in [0.25, 0.3) is 5.91 Å². The van der Waals surface area contributed by atoms with Crippen LogP contribution in [0.5, 0.6) is 0 Å². The molecule has 0 aliphatic rings. The van der Waals surface area contributed by atoms with E-state index in [1.54, 1.807) is 36.7 Å². The highest BCUT2D eigenvalue weighted by atomic mass is 32.2. The summed E-state index contributed by atoms with van der Waals surface area (Å²) in [5.41, 5.74) is 1.20. The van der Waals surface area contributed by atoms with Crippen LogP contribution in [0, 0.1) is 11.3 Å². The minimum Gasteiger partial charge on any atom is -0.443 e. The Morgan fingerprint density at radius 3 is 2.55 bits per heavy atom. The molecule has 3 aromatic heterocycles. The van der Waals surface area contributed by atoms with Crippen molar-refractivity contribution in [2.24, 2.45) is 0 Å². The number of esters is 1. The Balaban J connectivity index is 1.77. The lowest BCUT2D eigenvalue weighted by atomic mass is 10.1. The molecule has 0 aliphatic heterocycles. The average molecular weight is 485 g/mol. The molecular formula is C22H20N4O5S2. The molecule has 0 radical (unpaired) electrons. The first kappa shape index (κ1) is 24.0. The molecule has 0 aliphatic carbocycles. The lowest BCUT2D eigenvalue weighted by Gasteiger charge is -2.19. The summed E-state index contributed by atoms with van der Waals surface area (Å²) in [7, 11) is -3.31. The summed E-state index contributed by atoms with van der Waals surface area (Å²) < 4.78 is 28.3. The van der Waals surface area contributed by atoms with E-state index in [9.17, 15) is 23.3 Å². The standard InChI is InChI=1S/C22H20N4O5S2/c1-33(29,30)12-8-17(13-23)26-21(27)20(16-3-2-9-25-14-16)31-22(28)19-5-4-18(32-19)15-6-10-24-11-7-15/h2-7,9-11,14,17,20H,8,12H2,1H3,(H,26,27). The van der Waals surface area contributed by atoms with Crippen LogP contribution in [0.1, 0.15) is 27.8 Å². The number of aromatic nitrogens is 2. The van der Waals surface area contributed by atoms with E-state index in [-0.39, 0.29) is 17.1 Å². The van der Waals surface area contributed by atoms with Crippen LogP contribution < -0.4 is 5.32 Å². The number of nitrogens with one attached hydrogen (secondary N) is 1. The largest absolute Gasteiger partial charge is 0.443 e. The number of hydrogen-bond acceptors (Lipinski definition) is 9. The first-order valence-electron chi connectivity index (χ1n) is 9.75. The van der Waals surface area contributed by atoms with Crippen molar-refractivity contribution in [2.75, 3.05) is 12.0 Å². The van der Waals surface area contributed by atoms with Gasteiger partial charge in [-0.1, -0.05) is 6.07 Å². The van der Waals surface area contributed by atoms with Crippen molar-refractivity contribution in [1.29, 1.82) is 5.26 Å². The number of hydrogen-bond donors (Lipinski definition) is 1. The number of carbonyl (C=O) groups excluding carboxylic acids is 2. The van der Waals surface area contributed by atoms with Crippen molar-refractivity contribution >= 4 is 33.1 Å². The van der Waals surface area contributed by atoms with Gasteiger partial charge in [0.2, 0.25) is 6.10 Å². The maximum absolute atomic E-state index is 12.9. The highest BCUT2D eigenvalue weighted by molar-refractivity contribution is 7.90. The molecule has 0 spiro atoms. The molecule has 170 valence electrons. The fourth-order valence-electron chi connectivity index (χ4n) is 2.84. The summed E-state index contributed by atoms with van der Waals surface area (Å²) in [5, 5.41) is 11.8. The van der Waals surface area contributed by atoms with E-state index in [1.807, 2.05) is 18.2 Å². The Labute approximate surface area is 195 Å². The molecule has 11 heteroatoms. The fourth-order valence-corrected chi connectivity index (χ4v) is 4.39. The quantitative estimate of drug-likeness (QED) is 0.457. The van der Waals surface area contributed by atoms with Gasteiger partial charge in [0, 0.05) is 41.5 Å². The number of thiophene rings is 1. The van der Waals surface area contributed by atoms with Gasteiger partial charge >= 0.3 is 5.97 Å². The lowest BCUT2D eigenvalue weighted by Crippen LogP contribution is -2.39. The summed E-state index contributed by atoms with van der Waals surface area (Å²) >= 11 is 1.20. The van der Waals surface area contributed by atoms with Crippen molar-refractivity contribution in [1.82, 2.24) is 15.3 Å². The third-order valence-electron chi connectivity index (χ3n) is 4.47. The zero-order chi connectivity index (χ0) is 23.8. The lowest BCUT2D eigenvalue weighted by molar-refractivity contribution is -0.130. The predicted octanol–water partition coefficient (Wildman–Crippen LogP) is 2.55. The molecule has 3 rings (SSSR count). The van der Waals surface area contributed by atoms with E-state index < -0.39 is 33.9 Å². The maximum atomic E-state index is 12.9. The van der Waals surface area contributed by atoms with Crippen molar-refractivity contribution in [3.8, 4) is 16.5 Å². The molecular weight excluding hydrogens is 464 g/mol. The van der Waals surface area contributed by atoms with E-state index in [1.165, 1.54) is 23.7 Å². The van der Waals surface area contributed by atoms with Crippen LogP contribution in [0.25, 0.3) is 10.4 Å². The molecule has 3 aromatic rings. The number of amides is 1. The number of nitriles is 1. The third kappa shape index (κ3) is 6.93. The molecule has 0 saturated carbocycles. The zero-order valence-electron chi connectivity index (χ0n) is 17.5. The highest BCUT2D eigenvalue weighted by Gasteiger charge is 2.28. The first-order valence-corrected chi connectivity index (χ1v) is 12.6. The van der Waals surface area contributed by atoms with Crippen molar-refractivity contribution in [3.05, 3.63) is 71.6 Å². The van der Waals surface area contributed by atoms with Gasteiger partial charge in [0.1, 0.15) is 20.8 Å². The second kappa shape index (κ2) is 10.8. The van der Waals surface area contributed by atoms with Crippen molar-refractivity contribution < 1.29 is 22.7 Å². The zero-order valence-corrected chi connectivity index (χ0v) is 19.2. The second-order valence-corrected chi connectivity index (χ2v) is 10.4. The molecule has 3 heterocycles. The molecule has 0 bridgehead atoms. The highest BCUT2D eigenvalue weighted by Crippen LogP contribution is 2.29. The van der Waals surface area contributed by atoms with Crippen LogP contribution in [-0.4, -0.2) is 48.3 Å². The number of carbonyl (C=O) groups is 2. The summed E-state index contributed by atoms with van der Waals surface area (Å²) in [6, 6.07) is 10.9. The molecule has 0 saturated heterocycles. The van der Waals surface area contributed by atoms with Crippen molar-refractivity contribution in [2.45, 2.75) is 18.6 Å². The Morgan fingerprint density at radius 2 is 1.91 bits per heavy atom. The number of nitrogens with zero attached hydrogens (tertiary/aromatic N) is 3. The van der Waals surface area contributed by atoms with Gasteiger partial charge in [-0.05, 0) is 42.3 Å². The van der Waals surface area contributed by atoms with Crippen LogP contribution in [0.2, 0.25) is 0 Å². The normalized spacial score (nSPS) is 12.8. The molecule has 9 nitrogen and oxygen atoms in total. The Bertz CT molecular complexity index is 1250. The molecule has 0 fully saturated rings. The summed E-state index contributed by atoms with van der Waals surface area (Å²) in [6.07, 6.45) is 5.76. The van der Waals surface area contributed by atoms with Crippen LogP contribution in [0.15, 0.2) is 61.2 Å². The van der Waals surface area contributed by atoms with E-state index in [4.69, 9.17) is 4.74 Å². The van der Waals surface area contributed by atoms with Gasteiger partial charge in [0.05, 0.1) is 11.8 Å². The van der Waals surface area contributed by atoms with E-state index in [0.29, 0.717) is 5.56 Å². The predicted molar refractivity (Wildman–Crippen MR) is 122 cm³/mol. The number of ether oxygens (including phenoxy) is 1. The van der Waals surface area contributed by atoms with Crippen LogP contribution >= 0.6 is 11.3 Å². The number of rotatable bonds is 9. The summed E-state index contributed by atoms with van der Waals surface area (Å²) in [6.45, 7) is 0. The minimum atomic E-state index is -3.31. The van der Waals surface area contributed by atoms with Crippen LogP contribution in [-0.2, 0) is 19.4 Å². The smallest absolute Gasteiger partial charge is 0.349 e. The SMILES string of the molecule is CS(=O)(=O)CCC(C#N)NC(=O)C(OC(=O)c1ccc(-c2ccncc2)s1)c1cccnc1. The maximum Gasteiger partial charge on any atom is 0.349 e. The third-order valence-corrected chi connectivity index (χ3v) is 6.56. The van der Waals surface area contributed by atoms with Gasteiger partial charge < -0.3 is 10.1 Å². The topological polar surface area (TPSA) is 139 Å². The Hall–Kier alpha value is -3.62. The summed E-state index contributed by atoms with van der Waals surface area (Å²) in [5.74, 6) is -1.73. The van der Waals surface area contributed by atoms with Gasteiger partial charge in [-0.3, -0.25) is 14.8 Å². The van der Waals surface area contributed by atoms with Crippen LogP contribution in [0.3, 0.4) is 0 Å². The van der Waals surface area contributed by atoms with E-state index in [2.05, 4.69) is 15.3 Å². The Morgan fingerprint density at radius 1 is 1.15 bits per heavy atom. The number of pyridine rings is 2. The monoisotopic (exact) mass is 484 g/mol. The molecule has 0 aromatic carbocycles. The Kier molecular flexibility index (Phi) is 7.87.